The number of aliphatic hydroxyl groups is 2. The Bertz CT molecular complexity index is 274. The molecule has 27 heavy (non-hydrogen) atoms. The van der Waals surface area contributed by atoms with Gasteiger partial charge in [-0.3, -0.25) is 0 Å². The molecule has 0 radical (unpaired) electrons. The van der Waals surface area contributed by atoms with Crippen LogP contribution in [0.25, 0.3) is 0 Å². The summed E-state index contributed by atoms with van der Waals surface area (Å²) in [5, 5.41) is 20.3. The van der Waals surface area contributed by atoms with Crippen LogP contribution in [-0.2, 0) is 0 Å². The van der Waals surface area contributed by atoms with Gasteiger partial charge in [0.05, 0.1) is 12.2 Å². The van der Waals surface area contributed by atoms with Gasteiger partial charge in [0.25, 0.3) is 0 Å². The first kappa shape index (κ1) is 26.8. The summed E-state index contributed by atoms with van der Waals surface area (Å²) in [6.45, 7) is 8.03. The Hall–Kier alpha value is -0.160. The van der Waals surface area contributed by atoms with E-state index in [9.17, 15) is 10.2 Å². The number of unbranched alkanes of at least 4 members (excludes halogenated alkanes) is 8. The van der Waals surface area contributed by atoms with E-state index < -0.39 is 0 Å². The summed E-state index contributed by atoms with van der Waals surface area (Å²) < 4.78 is 0. The average Bonchev–Trinajstić information content (AvgIpc) is 2.61. The lowest BCUT2D eigenvalue weighted by molar-refractivity contribution is 0.104. The standard InChI is InChI=1S/C23H50N2O2/c1-5-7-9-11-13-16-22(26)20-24(3)18-15-19-25(4)21-23(27)17-14-12-10-8-6-2/h22-23,26-27H,5-21H2,1-4H3. The largest absolute Gasteiger partial charge is 0.392 e. The van der Waals surface area contributed by atoms with E-state index in [4.69, 9.17) is 0 Å². The van der Waals surface area contributed by atoms with Crippen LogP contribution in [0.15, 0.2) is 0 Å². The number of aliphatic hydroxyl groups excluding tert-OH is 2. The van der Waals surface area contributed by atoms with E-state index in [-0.39, 0.29) is 12.2 Å². The molecule has 0 aliphatic carbocycles. The lowest BCUT2D eigenvalue weighted by Crippen LogP contribution is -2.34. The van der Waals surface area contributed by atoms with Crippen molar-refractivity contribution < 1.29 is 10.2 Å². The predicted molar refractivity (Wildman–Crippen MR) is 118 cm³/mol. The van der Waals surface area contributed by atoms with Crippen LogP contribution in [0.5, 0.6) is 0 Å². The minimum Gasteiger partial charge on any atom is -0.392 e. The molecule has 2 unspecified atom stereocenters. The van der Waals surface area contributed by atoms with Crippen LogP contribution in [0.4, 0.5) is 0 Å². The summed E-state index contributed by atoms with van der Waals surface area (Å²) in [7, 11) is 4.21. The van der Waals surface area contributed by atoms with Crippen LogP contribution < -0.4 is 0 Å². The molecule has 0 heterocycles. The highest BCUT2D eigenvalue weighted by Gasteiger charge is 2.10. The van der Waals surface area contributed by atoms with Gasteiger partial charge in [-0.25, -0.2) is 0 Å². The van der Waals surface area contributed by atoms with Gasteiger partial charge in [-0.1, -0.05) is 78.1 Å². The molecule has 2 atom stereocenters. The second kappa shape index (κ2) is 19.2. The van der Waals surface area contributed by atoms with Gasteiger partial charge in [-0.15, -0.1) is 0 Å². The van der Waals surface area contributed by atoms with Gasteiger partial charge in [-0.05, 0) is 46.4 Å². The maximum atomic E-state index is 10.2. The Balaban J connectivity index is 3.61. The molecular weight excluding hydrogens is 336 g/mol. The molecule has 0 aromatic heterocycles. The van der Waals surface area contributed by atoms with Gasteiger partial charge in [0, 0.05) is 13.1 Å². The molecule has 0 aliphatic heterocycles. The molecule has 164 valence electrons. The summed E-state index contributed by atoms with van der Waals surface area (Å²) in [5.41, 5.74) is 0. The summed E-state index contributed by atoms with van der Waals surface area (Å²) in [4.78, 5) is 4.49. The monoisotopic (exact) mass is 386 g/mol. The number of hydrogen-bond donors (Lipinski definition) is 2. The Morgan fingerprint density at radius 3 is 1.30 bits per heavy atom. The van der Waals surface area contributed by atoms with E-state index in [0.29, 0.717) is 0 Å². The van der Waals surface area contributed by atoms with Crippen molar-refractivity contribution in [2.24, 2.45) is 0 Å². The molecule has 0 saturated heterocycles. The second-order valence-corrected chi connectivity index (χ2v) is 8.59. The molecule has 4 nitrogen and oxygen atoms in total. The van der Waals surface area contributed by atoms with Crippen molar-refractivity contribution in [1.29, 1.82) is 0 Å². The zero-order valence-electron chi connectivity index (χ0n) is 19.0. The lowest BCUT2D eigenvalue weighted by Gasteiger charge is -2.24. The maximum absolute atomic E-state index is 10.2. The Kier molecular flexibility index (Phi) is 19.1. The molecule has 0 fully saturated rings. The first-order chi connectivity index (χ1) is 13.0. The van der Waals surface area contributed by atoms with Crippen LogP contribution in [-0.4, -0.2) is 72.5 Å². The van der Waals surface area contributed by atoms with Crippen LogP contribution >= 0.6 is 0 Å². The normalized spacial score (nSPS) is 14.2. The van der Waals surface area contributed by atoms with Crippen molar-refractivity contribution in [1.82, 2.24) is 9.80 Å². The number of hydrogen-bond acceptors (Lipinski definition) is 4. The van der Waals surface area contributed by atoms with Crippen molar-refractivity contribution in [3.63, 3.8) is 0 Å². The minimum absolute atomic E-state index is 0.191. The molecule has 0 rings (SSSR count). The maximum Gasteiger partial charge on any atom is 0.0667 e. The minimum atomic E-state index is -0.191. The zero-order valence-corrected chi connectivity index (χ0v) is 19.0. The highest BCUT2D eigenvalue weighted by Crippen LogP contribution is 2.09. The summed E-state index contributed by atoms with van der Waals surface area (Å²) in [6.07, 6.45) is 15.1. The predicted octanol–water partition coefficient (Wildman–Crippen LogP) is 4.68. The number of nitrogens with zero attached hydrogens (tertiary/aromatic N) is 2. The third kappa shape index (κ3) is 18.9. The van der Waals surface area contributed by atoms with E-state index in [0.717, 1.165) is 58.3 Å². The molecule has 0 aromatic rings. The smallest absolute Gasteiger partial charge is 0.0667 e. The van der Waals surface area contributed by atoms with Gasteiger partial charge in [-0.2, -0.15) is 0 Å². The number of likely N-dealkylation sites (N-methyl/N-ethyl adjacent to an activating group) is 2. The molecule has 2 N–H and O–H groups in total. The molecule has 0 amide bonds. The van der Waals surface area contributed by atoms with E-state index >= 15 is 0 Å². The van der Waals surface area contributed by atoms with Gasteiger partial charge < -0.3 is 20.0 Å². The Labute approximate surface area is 170 Å². The summed E-state index contributed by atoms with van der Waals surface area (Å²) in [5.74, 6) is 0. The number of rotatable bonds is 20. The first-order valence-corrected chi connectivity index (χ1v) is 11.7. The molecule has 0 aromatic carbocycles. The molecule has 4 heteroatoms. The van der Waals surface area contributed by atoms with Crippen LogP contribution in [0, 0.1) is 0 Å². The third-order valence-electron chi connectivity index (χ3n) is 5.41. The highest BCUT2D eigenvalue weighted by atomic mass is 16.3. The lowest BCUT2D eigenvalue weighted by atomic mass is 10.1. The van der Waals surface area contributed by atoms with Gasteiger partial charge in [0.2, 0.25) is 0 Å². The van der Waals surface area contributed by atoms with Crippen LogP contribution in [0.3, 0.4) is 0 Å². The van der Waals surface area contributed by atoms with Crippen molar-refractivity contribution in [3.8, 4) is 0 Å². The Morgan fingerprint density at radius 2 is 0.926 bits per heavy atom. The Morgan fingerprint density at radius 1 is 0.556 bits per heavy atom. The van der Waals surface area contributed by atoms with E-state index in [1.807, 2.05) is 0 Å². The first-order valence-electron chi connectivity index (χ1n) is 11.7. The molecule has 0 saturated carbocycles. The summed E-state index contributed by atoms with van der Waals surface area (Å²) in [6, 6.07) is 0. The highest BCUT2D eigenvalue weighted by molar-refractivity contribution is 4.65. The average molecular weight is 387 g/mol. The van der Waals surface area contributed by atoms with E-state index in [1.165, 1.54) is 51.4 Å². The zero-order chi connectivity index (χ0) is 20.3. The van der Waals surface area contributed by atoms with Gasteiger partial charge >= 0.3 is 0 Å². The van der Waals surface area contributed by atoms with Crippen molar-refractivity contribution in [3.05, 3.63) is 0 Å². The second-order valence-electron chi connectivity index (χ2n) is 8.59. The van der Waals surface area contributed by atoms with Gasteiger partial charge in [0.1, 0.15) is 0 Å². The van der Waals surface area contributed by atoms with Crippen LogP contribution in [0.2, 0.25) is 0 Å². The molecule has 0 spiro atoms. The molecule has 0 aliphatic rings. The fraction of sp³-hybridized carbons (Fsp3) is 1.00. The molecular formula is C23H50N2O2. The van der Waals surface area contributed by atoms with Crippen molar-refractivity contribution in [2.75, 3.05) is 40.3 Å². The van der Waals surface area contributed by atoms with Gasteiger partial charge in [0.15, 0.2) is 0 Å². The fourth-order valence-corrected chi connectivity index (χ4v) is 3.66. The SMILES string of the molecule is CCCCCCCC(O)CN(C)CCCN(C)CC(O)CCCCCCC. The topological polar surface area (TPSA) is 46.9 Å². The van der Waals surface area contributed by atoms with Crippen molar-refractivity contribution in [2.45, 2.75) is 110 Å². The molecule has 0 bridgehead atoms. The van der Waals surface area contributed by atoms with E-state index in [2.05, 4.69) is 37.7 Å². The third-order valence-corrected chi connectivity index (χ3v) is 5.41. The summed E-state index contributed by atoms with van der Waals surface area (Å²) >= 11 is 0. The van der Waals surface area contributed by atoms with E-state index in [1.54, 1.807) is 0 Å². The fourth-order valence-electron chi connectivity index (χ4n) is 3.66. The quantitative estimate of drug-likeness (QED) is 0.298. The van der Waals surface area contributed by atoms with Crippen LogP contribution in [0.1, 0.15) is 97.3 Å². The van der Waals surface area contributed by atoms with Crippen molar-refractivity contribution >= 4 is 0 Å².